The third-order valence-electron chi connectivity index (χ3n) is 1.51. The highest BCUT2D eigenvalue weighted by Crippen LogP contribution is 2.14. The number of rotatable bonds is 0. The van der Waals surface area contributed by atoms with Crippen LogP contribution in [0.1, 0.15) is 11.4 Å². The minimum atomic E-state index is 1.09. The van der Waals surface area contributed by atoms with Gasteiger partial charge in [0.05, 0.1) is 5.69 Å². The van der Waals surface area contributed by atoms with Gasteiger partial charge in [-0.15, -0.1) is 11.3 Å². The summed E-state index contributed by atoms with van der Waals surface area (Å²) in [7, 11) is 0. The molecule has 2 rings (SSSR count). The van der Waals surface area contributed by atoms with Gasteiger partial charge in [0.2, 0.25) is 0 Å². The van der Waals surface area contributed by atoms with E-state index >= 15 is 0 Å². The molecule has 52 valence electrons. The van der Waals surface area contributed by atoms with Crippen molar-refractivity contribution in [1.29, 1.82) is 0 Å². The molecule has 0 aliphatic rings. The Labute approximate surface area is 63.1 Å². The van der Waals surface area contributed by atoms with Gasteiger partial charge in [-0.1, -0.05) is 0 Å². The minimum Gasteiger partial charge on any atom is -0.295 e. The number of hydrogen-bond acceptors (Lipinski definition) is 2. The first-order valence-corrected chi connectivity index (χ1v) is 4.05. The monoisotopic (exact) mass is 152 g/mol. The van der Waals surface area contributed by atoms with Crippen molar-refractivity contribution in [3.8, 4) is 0 Å². The van der Waals surface area contributed by atoms with Gasteiger partial charge < -0.3 is 0 Å². The van der Waals surface area contributed by atoms with Crippen LogP contribution in [0.4, 0.5) is 0 Å². The van der Waals surface area contributed by atoms with E-state index in [1.54, 1.807) is 11.3 Å². The molecule has 0 saturated carbocycles. The fourth-order valence-electron chi connectivity index (χ4n) is 1.01. The molecule has 0 aliphatic heterocycles. The molecule has 0 spiro atoms. The number of hydrogen-bond donors (Lipinski definition) is 0. The van der Waals surface area contributed by atoms with E-state index in [0.717, 1.165) is 10.7 Å². The van der Waals surface area contributed by atoms with Crippen LogP contribution in [-0.2, 0) is 0 Å². The molecular weight excluding hydrogens is 144 g/mol. The summed E-state index contributed by atoms with van der Waals surface area (Å²) >= 11 is 1.69. The Morgan fingerprint density at radius 1 is 1.50 bits per heavy atom. The van der Waals surface area contributed by atoms with E-state index in [2.05, 4.69) is 27.9 Å². The predicted molar refractivity (Wildman–Crippen MR) is 42.5 cm³/mol. The quantitative estimate of drug-likeness (QED) is 0.564. The van der Waals surface area contributed by atoms with Gasteiger partial charge in [0, 0.05) is 17.3 Å². The predicted octanol–water partition coefficient (Wildman–Crippen LogP) is 2.01. The van der Waals surface area contributed by atoms with Crippen LogP contribution in [0.3, 0.4) is 0 Å². The molecule has 0 aromatic carbocycles. The van der Waals surface area contributed by atoms with Gasteiger partial charge in [-0.25, -0.2) is 4.98 Å². The van der Waals surface area contributed by atoms with Crippen LogP contribution in [0.15, 0.2) is 11.6 Å². The second kappa shape index (κ2) is 1.83. The van der Waals surface area contributed by atoms with E-state index in [-0.39, 0.29) is 0 Å². The number of aromatic nitrogens is 2. The van der Waals surface area contributed by atoms with Gasteiger partial charge in [0.15, 0.2) is 4.96 Å². The van der Waals surface area contributed by atoms with Gasteiger partial charge >= 0.3 is 0 Å². The number of nitrogens with zero attached hydrogens (tertiary/aromatic N) is 2. The Morgan fingerprint density at radius 2 is 2.30 bits per heavy atom. The van der Waals surface area contributed by atoms with E-state index in [1.807, 2.05) is 6.92 Å². The van der Waals surface area contributed by atoms with Crippen LogP contribution >= 0.6 is 11.3 Å². The maximum atomic E-state index is 4.32. The molecule has 2 aromatic heterocycles. The molecule has 10 heavy (non-hydrogen) atoms. The maximum Gasteiger partial charge on any atom is 0.194 e. The van der Waals surface area contributed by atoms with E-state index < -0.39 is 0 Å². The highest BCUT2D eigenvalue weighted by Gasteiger charge is 1.99. The lowest BCUT2D eigenvalue weighted by molar-refractivity contribution is 1.13. The smallest absolute Gasteiger partial charge is 0.194 e. The molecule has 0 saturated heterocycles. The summed E-state index contributed by atoms with van der Waals surface area (Å²) < 4.78 is 2.11. The van der Waals surface area contributed by atoms with Gasteiger partial charge in [0.1, 0.15) is 0 Å². The van der Waals surface area contributed by atoms with Crippen LogP contribution in [0, 0.1) is 13.8 Å². The lowest BCUT2D eigenvalue weighted by Crippen LogP contribution is -1.77. The molecule has 0 unspecified atom stereocenters. The minimum absolute atomic E-state index is 1.09. The topological polar surface area (TPSA) is 17.3 Å². The van der Waals surface area contributed by atoms with Crippen LogP contribution in [0.5, 0.6) is 0 Å². The van der Waals surface area contributed by atoms with Crippen molar-refractivity contribution in [2.45, 2.75) is 13.8 Å². The Bertz CT molecular complexity index is 358. The molecule has 0 N–H and O–H groups in total. The van der Waals surface area contributed by atoms with Crippen molar-refractivity contribution < 1.29 is 0 Å². The normalized spacial score (nSPS) is 11.0. The zero-order valence-electron chi connectivity index (χ0n) is 5.96. The molecule has 3 heteroatoms. The molecule has 0 aliphatic carbocycles. The van der Waals surface area contributed by atoms with Crippen molar-refractivity contribution in [1.82, 2.24) is 9.38 Å². The van der Waals surface area contributed by atoms with Gasteiger partial charge in [-0.3, -0.25) is 4.40 Å². The third-order valence-corrected chi connectivity index (χ3v) is 2.47. The van der Waals surface area contributed by atoms with E-state index in [9.17, 15) is 0 Å². The Morgan fingerprint density at radius 3 is 3.00 bits per heavy atom. The number of aryl methyl sites for hydroxylation is 2. The lowest BCUT2D eigenvalue weighted by Gasteiger charge is -1.83. The number of thiazole rings is 1. The van der Waals surface area contributed by atoms with Crippen LogP contribution in [0.2, 0.25) is 0 Å². The molecule has 0 atom stereocenters. The maximum absolute atomic E-state index is 4.32. The van der Waals surface area contributed by atoms with Gasteiger partial charge in [-0.2, -0.15) is 0 Å². The molecule has 0 amide bonds. The first-order valence-electron chi connectivity index (χ1n) is 3.17. The summed E-state index contributed by atoms with van der Waals surface area (Å²) in [6.07, 6.45) is 2.06. The van der Waals surface area contributed by atoms with Crippen LogP contribution in [-0.4, -0.2) is 9.38 Å². The van der Waals surface area contributed by atoms with Crippen molar-refractivity contribution in [2.75, 3.05) is 0 Å². The van der Waals surface area contributed by atoms with Crippen molar-refractivity contribution in [2.24, 2.45) is 0 Å². The fourth-order valence-corrected chi connectivity index (χ4v) is 1.90. The summed E-state index contributed by atoms with van der Waals surface area (Å²) in [5.41, 5.74) is 2.36. The first-order chi connectivity index (χ1) is 4.77. The molecular formula is C7H8N2S. The van der Waals surface area contributed by atoms with Gasteiger partial charge in [-0.05, 0) is 13.8 Å². The Balaban J connectivity index is 2.90. The second-order valence-electron chi connectivity index (χ2n) is 2.41. The largest absolute Gasteiger partial charge is 0.295 e. The summed E-state index contributed by atoms with van der Waals surface area (Å²) in [6.45, 7) is 4.10. The molecule has 2 nitrogen and oxygen atoms in total. The summed E-state index contributed by atoms with van der Waals surface area (Å²) in [5.74, 6) is 0. The summed E-state index contributed by atoms with van der Waals surface area (Å²) in [6, 6.07) is 0. The van der Waals surface area contributed by atoms with Crippen molar-refractivity contribution >= 4 is 16.3 Å². The Kier molecular flexibility index (Phi) is 1.08. The Hall–Kier alpha value is -0.830. The molecule has 0 radical (unpaired) electrons. The molecule has 0 bridgehead atoms. The van der Waals surface area contributed by atoms with E-state index in [4.69, 9.17) is 0 Å². The van der Waals surface area contributed by atoms with Crippen molar-refractivity contribution in [3.05, 3.63) is 23.0 Å². The van der Waals surface area contributed by atoms with Gasteiger partial charge in [0.25, 0.3) is 0 Å². The lowest BCUT2D eigenvalue weighted by atomic mass is 10.5. The fraction of sp³-hybridized carbons (Fsp3) is 0.286. The highest BCUT2D eigenvalue weighted by molar-refractivity contribution is 7.15. The first kappa shape index (κ1) is 5.92. The second-order valence-corrected chi connectivity index (χ2v) is 3.25. The molecule has 0 fully saturated rings. The third kappa shape index (κ3) is 0.671. The van der Waals surface area contributed by atoms with E-state index in [1.165, 1.54) is 5.69 Å². The zero-order chi connectivity index (χ0) is 7.14. The van der Waals surface area contributed by atoms with Crippen LogP contribution < -0.4 is 0 Å². The van der Waals surface area contributed by atoms with Crippen molar-refractivity contribution in [3.63, 3.8) is 0 Å². The zero-order valence-corrected chi connectivity index (χ0v) is 6.77. The number of imidazole rings is 1. The standard InChI is InChI=1S/C7H8N2S/c1-5-3-9-6(2)4-10-7(9)8-5/h3-4H,1-2H3. The SMILES string of the molecule is Cc1cn2c(C)csc2n1. The number of fused-ring (bicyclic) bond motifs is 1. The summed E-state index contributed by atoms with van der Waals surface area (Å²) in [4.78, 5) is 5.41. The molecule has 2 heterocycles. The van der Waals surface area contributed by atoms with Crippen LogP contribution in [0.25, 0.3) is 4.96 Å². The average Bonchev–Trinajstić information content (AvgIpc) is 2.35. The highest BCUT2D eigenvalue weighted by atomic mass is 32.1. The average molecular weight is 152 g/mol. The van der Waals surface area contributed by atoms with E-state index in [0.29, 0.717) is 0 Å². The molecule has 2 aromatic rings. The summed E-state index contributed by atoms with van der Waals surface area (Å²) in [5, 5.41) is 2.11.